The predicted molar refractivity (Wildman–Crippen MR) is 89.5 cm³/mol. The van der Waals surface area contributed by atoms with E-state index in [9.17, 15) is 12.8 Å². The van der Waals surface area contributed by atoms with Crippen LogP contribution in [0.4, 0.5) is 4.39 Å². The van der Waals surface area contributed by atoms with Crippen molar-refractivity contribution in [1.29, 1.82) is 0 Å². The molecule has 0 aliphatic carbocycles. The summed E-state index contributed by atoms with van der Waals surface area (Å²) in [4.78, 5) is 3.57. The van der Waals surface area contributed by atoms with Crippen LogP contribution >= 0.6 is 11.3 Å². The highest BCUT2D eigenvalue weighted by atomic mass is 32.2. The first kappa shape index (κ1) is 16.6. The molecule has 1 unspecified atom stereocenters. The maximum Gasteiger partial charge on any atom is 0.240 e. The van der Waals surface area contributed by atoms with Crippen molar-refractivity contribution in [3.8, 4) is 0 Å². The number of halogens is 1. The Balaban J connectivity index is 1.74. The van der Waals surface area contributed by atoms with Gasteiger partial charge in [-0.25, -0.2) is 17.5 Å². The molecule has 1 aliphatic heterocycles. The minimum atomic E-state index is -3.63. The van der Waals surface area contributed by atoms with E-state index < -0.39 is 15.8 Å². The van der Waals surface area contributed by atoms with Crippen LogP contribution in [0.15, 0.2) is 46.7 Å². The molecule has 1 aliphatic rings. The summed E-state index contributed by atoms with van der Waals surface area (Å²) in [7, 11) is -3.63. The molecule has 23 heavy (non-hydrogen) atoms. The molecular weight excluding hydrogens is 335 g/mol. The van der Waals surface area contributed by atoms with Crippen molar-refractivity contribution in [3.63, 3.8) is 0 Å². The van der Waals surface area contributed by atoms with Gasteiger partial charge in [-0.05, 0) is 61.6 Å². The number of nitrogens with zero attached hydrogens (tertiary/aromatic N) is 1. The van der Waals surface area contributed by atoms with Crippen LogP contribution in [0.5, 0.6) is 0 Å². The Hall–Kier alpha value is -1.28. The molecule has 1 aromatic carbocycles. The standard InChI is InChI=1S/C16H19FN2O2S2/c17-13-5-7-14(8-6-13)23(20,21)18-12-15(16-4-3-11-22-16)19-9-1-2-10-19/h3-8,11,15,18H,1-2,9-10,12H2. The maximum absolute atomic E-state index is 13.0. The third-order valence-electron chi connectivity index (χ3n) is 4.04. The van der Waals surface area contributed by atoms with Crippen molar-refractivity contribution < 1.29 is 12.8 Å². The van der Waals surface area contributed by atoms with Crippen LogP contribution in [0, 0.1) is 5.82 Å². The fourth-order valence-corrected chi connectivity index (χ4v) is 4.73. The highest BCUT2D eigenvalue weighted by Crippen LogP contribution is 2.28. The van der Waals surface area contributed by atoms with E-state index in [4.69, 9.17) is 0 Å². The van der Waals surface area contributed by atoms with Gasteiger partial charge in [0, 0.05) is 11.4 Å². The molecule has 7 heteroatoms. The molecule has 1 fully saturated rings. The van der Waals surface area contributed by atoms with E-state index in [0.29, 0.717) is 6.54 Å². The molecule has 0 bridgehead atoms. The third kappa shape index (κ3) is 3.98. The second-order valence-corrected chi connectivity index (χ2v) is 8.33. The van der Waals surface area contributed by atoms with Gasteiger partial charge in [-0.1, -0.05) is 6.07 Å². The lowest BCUT2D eigenvalue weighted by Crippen LogP contribution is -2.36. The Bertz CT molecular complexity index is 724. The zero-order chi connectivity index (χ0) is 16.3. The van der Waals surface area contributed by atoms with Gasteiger partial charge in [-0.2, -0.15) is 0 Å². The summed E-state index contributed by atoms with van der Waals surface area (Å²) in [6.45, 7) is 2.29. The summed E-state index contributed by atoms with van der Waals surface area (Å²) in [6.07, 6.45) is 2.29. The highest BCUT2D eigenvalue weighted by molar-refractivity contribution is 7.89. The van der Waals surface area contributed by atoms with Crippen LogP contribution in [0.3, 0.4) is 0 Å². The molecule has 2 heterocycles. The first-order valence-corrected chi connectivity index (χ1v) is 9.95. The van der Waals surface area contributed by atoms with E-state index in [1.807, 2.05) is 17.5 Å². The molecular formula is C16H19FN2O2S2. The Morgan fingerprint density at radius 2 is 1.87 bits per heavy atom. The van der Waals surface area contributed by atoms with E-state index in [0.717, 1.165) is 42.9 Å². The molecule has 1 saturated heterocycles. The lowest BCUT2D eigenvalue weighted by molar-refractivity contribution is 0.250. The van der Waals surface area contributed by atoms with Crippen LogP contribution in [0.2, 0.25) is 0 Å². The molecule has 1 atom stereocenters. The molecule has 1 aromatic heterocycles. The number of likely N-dealkylation sites (tertiary alicyclic amines) is 1. The van der Waals surface area contributed by atoms with Gasteiger partial charge >= 0.3 is 0 Å². The predicted octanol–water partition coefficient (Wildman–Crippen LogP) is 3.00. The Morgan fingerprint density at radius 3 is 2.48 bits per heavy atom. The molecule has 1 N–H and O–H groups in total. The van der Waals surface area contributed by atoms with E-state index in [1.165, 1.54) is 12.1 Å². The van der Waals surface area contributed by atoms with Crippen LogP contribution in [0.1, 0.15) is 23.8 Å². The van der Waals surface area contributed by atoms with E-state index in [2.05, 4.69) is 9.62 Å². The van der Waals surface area contributed by atoms with Gasteiger partial charge in [0.2, 0.25) is 10.0 Å². The highest BCUT2D eigenvalue weighted by Gasteiger charge is 2.26. The number of hydrogen-bond acceptors (Lipinski definition) is 4. The lowest BCUT2D eigenvalue weighted by atomic mass is 10.2. The summed E-state index contributed by atoms with van der Waals surface area (Å²) in [5, 5.41) is 2.01. The number of thiophene rings is 1. The fraction of sp³-hybridized carbons (Fsp3) is 0.375. The van der Waals surface area contributed by atoms with E-state index in [1.54, 1.807) is 11.3 Å². The topological polar surface area (TPSA) is 49.4 Å². The van der Waals surface area contributed by atoms with E-state index >= 15 is 0 Å². The Kier molecular flexibility index (Phi) is 5.11. The molecule has 0 saturated carbocycles. The number of rotatable bonds is 6. The fourth-order valence-electron chi connectivity index (χ4n) is 2.83. The molecule has 0 spiro atoms. The van der Waals surface area contributed by atoms with Gasteiger partial charge in [0.15, 0.2) is 0 Å². The number of benzene rings is 1. The van der Waals surface area contributed by atoms with Gasteiger partial charge in [0.1, 0.15) is 5.82 Å². The minimum absolute atomic E-state index is 0.0488. The first-order valence-electron chi connectivity index (χ1n) is 7.59. The SMILES string of the molecule is O=S(=O)(NCC(c1cccs1)N1CCCC1)c1ccc(F)cc1. The largest absolute Gasteiger partial charge is 0.294 e. The smallest absolute Gasteiger partial charge is 0.240 e. The summed E-state index contributed by atoms with van der Waals surface area (Å²) in [6, 6.07) is 8.96. The van der Waals surface area contributed by atoms with Crippen molar-refractivity contribution in [2.75, 3.05) is 19.6 Å². The Labute approximate surface area is 140 Å². The quantitative estimate of drug-likeness (QED) is 0.868. The van der Waals surface area contributed by atoms with E-state index in [-0.39, 0.29) is 10.9 Å². The average Bonchev–Trinajstić information content (AvgIpc) is 3.21. The van der Waals surface area contributed by atoms with Gasteiger partial charge < -0.3 is 0 Å². The Morgan fingerprint density at radius 1 is 1.17 bits per heavy atom. The molecule has 124 valence electrons. The van der Waals surface area contributed by atoms with Crippen LogP contribution in [0.25, 0.3) is 0 Å². The lowest BCUT2D eigenvalue weighted by Gasteiger charge is -2.26. The summed E-state index contributed by atoms with van der Waals surface area (Å²) >= 11 is 1.64. The average molecular weight is 354 g/mol. The summed E-state index contributed by atoms with van der Waals surface area (Å²) in [5.74, 6) is -0.447. The van der Waals surface area contributed by atoms with Crippen LogP contribution < -0.4 is 4.72 Å². The number of hydrogen-bond donors (Lipinski definition) is 1. The number of sulfonamides is 1. The van der Waals surface area contributed by atoms with Crippen molar-refractivity contribution in [2.24, 2.45) is 0 Å². The molecule has 3 rings (SSSR count). The normalized spacial score (nSPS) is 17.4. The van der Waals surface area contributed by atoms with Crippen molar-refractivity contribution >= 4 is 21.4 Å². The minimum Gasteiger partial charge on any atom is -0.294 e. The van der Waals surface area contributed by atoms with Crippen LogP contribution in [-0.4, -0.2) is 33.0 Å². The molecule has 0 amide bonds. The second kappa shape index (κ2) is 7.09. The number of nitrogens with one attached hydrogen (secondary N) is 1. The third-order valence-corrected chi connectivity index (χ3v) is 6.46. The van der Waals surface area contributed by atoms with Gasteiger partial charge in [-0.15, -0.1) is 11.3 Å². The van der Waals surface area contributed by atoms with Crippen LogP contribution in [-0.2, 0) is 10.0 Å². The zero-order valence-electron chi connectivity index (χ0n) is 12.6. The van der Waals surface area contributed by atoms with Crippen molar-refractivity contribution in [1.82, 2.24) is 9.62 Å². The zero-order valence-corrected chi connectivity index (χ0v) is 14.2. The van der Waals surface area contributed by atoms with Gasteiger partial charge in [-0.3, -0.25) is 4.90 Å². The first-order chi connectivity index (χ1) is 11.1. The summed E-state index contributed by atoms with van der Waals surface area (Å²) < 4.78 is 40.4. The van der Waals surface area contributed by atoms with Crippen molar-refractivity contribution in [2.45, 2.75) is 23.8 Å². The summed E-state index contributed by atoms with van der Waals surface area (Å²) in [5.41, 5.74) is 0. The monoisotopic (exact) mass is 354 g/mol. The van der Waals surface area contributed by atoms with Crippen molar-refractivity contribution in [3.05, 3.63) is 52.5 Å². The maximum atomic E-state index is 13.0. The second-order valence-electron chi connectivity index (χ2n) is 5.58. The molecule has 2 aromatic rings. The molecule has 4 nitrogen and oxygen atoms in total. The van der Waals surface area contributed by atoms with Gasteiger partial charge in [0.05, 0.1) is 10.9 Å². The molecule has 0 radical (unpaired) electrons. The van der Waals surface area contributed by atoms with Gasteiger partial charge in [0.25, 0.3) is 0 Å².